The number of nitrogens with zero attached hydrogens (tertiary/aromatic N) is 2. The van der Waals surface area contributed by atoms with Crippen molar-refractivity contribution in [3.63, 3.8) is 0 Å². The number of benzene rings is 1. The summed E-state index contributed by atoms with van der Waals surface area (Å²) in [6.45, 7) is 2.80. The molecule has 1 aliphatic rings. The minimum Gasteiger partial charge on any atom is -0.371 e. The summed E-state index contributed by atoms with van der Waals surface area (Å²) in [5.41, 5.74) is 1.68. The van der Waals surface area contributed by atoms with Gasteiger partial charge in [0.15, 0.2) is 0 Å². The zero-order valence-corrected chi connectivity index (χ0v) is 12.1. The molecule has 0 bridgehead atoms. The van der Waals surface area contributed by atoms with Crippen LogP contribution >= 0.6 is 11.6 Å². The summed E-state index contributed by atoms with van der Waals surface area (Å²) >= 11 is 5.70. The maximum atomic E-state index is 12.4. The summed E-state index contributed by atoms with van der Waals surface area (Å²) in [5, 5.41) is -0.573. The Morgan fingerprint density at radius 1 is 1.28 bits per heavy atom. The molecular formula is C12H17ClN2O2S. The molecule has 1 aromatic carbocycles. The molecule has 1 unspecified atom stereocenters. The van der Waals surface area contributed by atoms with Crippen molar-refractivity contribution in [2.75, 3.05) is 35.2 Å². The van der Waals surface area contributed by atoms with Crippen molar-refractivity contribution >= 4 is 33.0 Å². The van der Waals surface area contributed by atoms with Crippen molar-refractivity contribution in [2.45, 2.75) is 12.2 Å². The molecule has 0 N–H and O–H groups in total. The number of fused-ring (bicyclic) bond motifs is 1. The van der Waals surface area contributed by atoms with Gasteiger partial charge in [0.25, 0.3) is 0 Å². The third-order valence-electron chi connectivity index (χ3n) is 3.23. The molecule has 0 aromatic heterocycles. The van der Waals surface area contributed by atoms with Crippen LogP contribution in [-0.2, 0) is 10.0 Å². The predicted molar refractivity (Wildman–Crippen MR) is 76.2 cm³/mol. The monoisotopic (exact) mass is 288 g/mol. The Labute approximate surface area is 113 Å². The van der Waals surface area contributed by atoms with Crippen LogP contribution in [0, 0.1) is 0 Å². The highest BCUT2D eigenvalue weighted by atomic mass is 35.5. The third-order valence-corrected chi connectivity index (χ3v) is 6.06. The van der Waals surface area contributed by atoms with Gasteiger partial charge < -0.3 is 4.90 Å². The fourth-order valence-corrected chi connectivity index (χ4v) is 3.88. The maximum Gasteiger partial charge on any atom is 0.239 e. The van der Waals surface area contributed by atoms with Gasteiger partial charge in [0.05, 0.1) is 23.2 Å². The summed E-state index contributed by atoms with van der Waals surface area (Å²) in [7, 11) is -1.41. The van der Waals surface area contributed by atoms with Crippen LogP contribution in [0.15, 0.2) is 24.3 Å². The normalized spacial score (nSPS) is 17.5. The van der Waals surface area contributed by atoms with Crippen molar-refractivity contribution in [3.05, 3.63) is 24.3 Å². The number of alkyl halides is 1. The van der Waals surface area contributed by atoms with Crippen LogP contribution in [0.2, 0.25) is 0 Å². The van der Waals surface area contributed by atoms with E-state index in [-0.39, 0.29) is 5.88 Å². The van der Waals surface area contributed by atoms with Crippen molar-refractivity contribution < 1.29 is 8.42 Å². The lowest BCUT2D eigenvalue weighted by atomic mass is 10.2. The molecule has 0 saturated heterocycles. The van der Waals surface area contributed by atoms with Gasteiger partial charge in [-0.05, 0) is 19.1 Å². The lowest BCUT2D eigenvalue weighted by Gasteiger charge is -2.37. The van der Waals surface area contributed by atoms with Gasteiger partial charge in [-0.3, -0.25) is 4.31 Å². The predicted octanol–water partition coefficient (Wildman–Crippen LogP) is 1.90. The van der Waals surface area contributed by atoms with E-state index >= 15 is 0 Å². The molecule has 0 saturated carbocycles. The number of likely N-dealkylation sites (N-methyl/N-ethyl adjacent to an activating group) is 1. The lowest BCUT2D eigenvalue weighted by molar-refractivity contribution is 0.581. The highest BCUT2D eigenvalue weighted by Crippen LogP contribution is 2.34. The number of sulfonamides is 1. The molecule has 0 fully saturated rings. The minimum atomic E-state index is -3.37. The second-order valence-corrected chi connectivity index (χ2v) is 7.08. The van der Waals surface area contributed by atoms with Crippen LogP contribution < -0.4 is 9.21 Å². The molecule has 2 rings (SSSR count). The van der Waals surface area contributed by atoms with Gasteiger partial charge in [-0.25, -0.2) is 8.42 Å². The first-order valence-corrected chi connectivity index (χ1v) is 7.90. The summed E-state index contributed by atoms with van der Waals surface area (Å²) in [6.07, 6.45) is 0. The Morgan fingerprint density at radius 2 is 1.89 bits per heavy atom. The zero-order valence-electron chi connectivity index (χ0n) is 10.5. The van der Waals surface area contributed by atoms with E-state index in [0.29, 0.717) is 13.1 Å². The van der Waals surface area contributed by atoms with Crippen LogP contribution in [0.3, 0.4) is 0 Å². The summed E-state index contributed by atoms with van der Waals surface area (Å²) < 4.78 is 26.3. The molecule has 6 heteroatoms. The Morgan fingerprint density at radius 3 is 2.50 bits per heavy atom. The maximum absolute atomic E-state index is 12.4. The van der Waals surface area contributed by atoms with E-state index in [1.807, 2.05) is 31.3 Å². The van der Waals surface area contributed by atoms with Crippen LogP contribution in [0.1, 0.15) is 6.92 Å². The van der Waals surface area contributed by atoms with E-state index in [0.717, 1.165) is 11.4 Å². The van der Waals surface area contributed by atoms with Gasteiger partial charge in [-0.1, -0.05) is 12.1 Å². The Kier molecular flexibility index (Phi) is 3.73. The number of hydrogen-bond acceptors (Lipinski definition) is 3. The fourth-order valence-electron chi connectivity index (χ4n) is 2.04. The quantitative estimate of drug-likeness (QED) is 0.798. The first-order valence-electron chi connectivity index (χ1n) is 5.86. The van der Waals surface area contributed by atoms with Crippen LogP contribution in [0.4, 0.5) is 11.4 Å². The van der Waals surface area contributed by atoms with Gasteiger partial charge in [0, 0.05) is 19.5 Å². The lowest BCUT2D eigenvalue weighted by Crippen LogP contribution is -2.46. The van der Waals surface area contributed by atoms with Gasteiger partial charge in [0.1, 0.15) is 0 Å². The van der Waals surface area contributed by atoms with E-state index in [1.54, 1.807) is 6.92 Å². The SMILES string of the molecule is CC(CCl)S(=O)(=O)N1CCN(C)c2ccccc21. The van der Waals surface area contributed by atoms with Gasteiger partial charge in [-0.2, -0.15) is 0 Å². The second kappa shape index (κ2) is 4.97. The van der Waals surface area contributed by atoms with Gasteiger partial charge in [0.2, 0.25) is 10.0 Å². The number of para-hydroxylation sites is 2. The van der Waals surface area contributed by atoms with E-state index < -0.39 is 15.3 Å². The largest absolute Gasteiger partial charge is 0.371 e. The molecule has 0 radical (unpaired) electrons. The molecule has 0 spiro atoms. The van der Waals surface area contributed by atoms with E-state index in [1.165, 1.54) is 4.31 Å². The molecule has 100 valence electrons. The summed E-state index contributed by atoms with van der Waals surface area (Å²) in [4.78, 5) is 2.06. The van der Waals surface area contributed by atoms with E-state index in [4.69, 9.17) is 11.6 Å². The third kappa shape index (κ3) is 2.17. The minimum absolute atomic E-state index is 0.108. The molecule has 0 amide bonds. The average Bonchev–Trinajstić information content (AvgIpc) is 2.38. The van der Waals surface area contributed by atoms with E-state index in [2.05, 4.69) is 4.90 Å². The number of hydrogen-bond donors (Lipinski definition) is 0. The standard InChI is InChI=1S/C12H17ClN2O2S/c1-10(9-13)18(16,17)15-8-7-14(2)11-5-3-4-6-12(11)15/h3-6,10H,7-9H2,1-2H3. The van der Waals surface area contributed by atoms with Crippen molar-refractivity contribution in [3.8, 4) is 0 Å². The van der Waals surface area contributed by atoms with Crippen molar-refractivity contribution in [2.24, 2.45) is 0 Å². The molecule has 1 heterocycles. The number of halogens is 1. The Hall–Kier alpha value is -0.940. The second-order valence-electron chi connectivity index (χ2n) is 4.49. The first-order chi connectivity index (χ1) is 8.48. The van der Waals surface area contributed by atoms with Crippen LogP contribution in [0.25, 0.3) is 0 Å². The number of anilines is 2. The highest BCUT2D eigenvalue weighted by Gasteiger charge is 2.32. The fraction of sp³-hybridized carbons (Fsp3) is 0.500. The average molecular weight is 289 g/mol. The van der Waals surface area contributed by atoms with Crippen molar-refractivity contribution in [1.82, 2.24) is 0 Å². The molecule has 18 heavy (non-hydrogen) atoms. The van der Waals surface area contributed by atoms with Crippen LogP contribution in [-0.4, -0.2) is 39.7 Å². The van der Waals surface area contributed by atoms with Gasteiger partial charge in [-0.15, -0.1) is 11.6 Å². The Balaban J connectivity index is 2.47. The molecule has 0 aliphatic carbocycles. The number of rotatable bonds is 3. The highest BCUT2D eigenvalue weighted by molar-refractivity contribution is 7.93. The summed E-state index contributed by atoms with van der Waals surface area (Å²) in [6, 6.07) is 7.54. The smallest absolute Gasteiger partial charge is 0.239 e. The van der Waals surface area contributed by atoms with E-state index in [9.17, 15) is 8.42 Å². The molecular weight excluding hydrogens is 272 g/mol. The Bertz CT molecular complexity index is 533. The first kappa shape index (κ1) is 13.5. The van der Waals surface area contributed by atoms with Gasteiger partial charge >= 0.3 is 0 Å². The van der Waals surface area contributed by atoms with Crippen LogP contribution in [0.5, 0.6) is 0 Å². The summed E-state index contributed by atoms with van der Waals surface area (Å²) in [5.74, 6) is 0.108. The molecule has 1 aromatic rings. The van der Waals surface area contributed by atoms with Crippen molar-refractivity contribution in [1.29, 1.82) is 0 Å². The molecule has 1 aliphatic heterocycles. The molecule has 4 nitrogen and oxygen atoms in total. The molecule has 1 atom stereocenters. The topological polar surface area (TPSA) is 40.6 Å². The zero-order chi connectivity index (χ0) is 13.3.